The monoisotopic (exact) mass is 394 g/mol. The van der Waals surface area contributed by atoms with Crippen molar-refractivity contribution >= 4 is 0 Å². The van der Waals surface area contributed by atoms with E-state index in [1.807, 2.05) is 12.1 Å². The van der Waals surface area contributed by atoms with Gasteiger partial charge in [0.15, 0.2) is 0 Å². The molecule has 6 heteroatoms. The van der Waals surface area contributed by atoms with E-state index in [-0.39, 0.29) is 13.2 Å². The summed E-state index contributed by atoms with van der Waals surface area (Å²) >= 11 is 0. The lowest BCUT2D eigenvalue weighted by Gasteiger charge is -2.01. The highest BCUT2D eigenvalue weighted by atomic mass is 16.5. The lowest BCUT2D eigenvalue weighted by molar-refractivity contribution is 0.0222. The summed E-state index contributed by atoms with van der Waals surface area (Å²) in [7, 11) is 0. The van der Waals surface area contributed by atoms with E-state index in [2.05, 4.69) is 26.3 Å². The highest BCUT2D eigenvalue weighted by Gasteiger charge is 1.86. The topological polar surface area (TPSA) is 99.4 Å². The molecule has 158 valence electrons. The summed E-state index contributed by atoms with van der Waals surface area (Å²) in [4.78, 5) is 0. The number of hydrogen-bond acceptors (Lipinski definition) is 6. The van der Waals surface area contributed by atoms with E-state index < -0.39 is 0 Å². The lowest BCUT2D eigenvalue weighted by Crippen LogP contribution is -2.09. The summed E-state index contributed by atoms with van der Waals surface area (Å²) in [5.74, 6) is 0.644. The molecule has 0 heterocycles. The summed E-state index contributed by atoms with van der Waals surface area (Å²) in [6.45, 7) is 13.7. The SMILES string of the molecule is C=C.C=C.OCCOCCOCCO.Oc1ccccc1.Oc1ccccc1. The molecule has 0 saturated heterocycles. The highest BCUT2D eigenvalue weighted by Crippen LogP contribution is 2.03. The van der Waals surface area contributed by atoms with Crippen LogP contribution in [0.1, 0.15) is 0 Å². The van der Waals surface area contributed by atoms with E-state index in [9.17, 15) is 0 Å². The van der Waals surface area contributed by atoms with Crippen LogP contribution in [0, 0.1) is 0 Å². The van der Waals surface area contributed by atoms with Crippen molar-refractivity contribution < 1.29 is 29.9 Å². The molecule has 6 nitrogen and oxygen atoms in total. The molecule has 2 aromatic rings. The second-order valence-corrected chi connectivity index (χ2v) is 4.34. The Balaban J connectivity index is -0.000000311. The molecular weight excluding hydrogens is 360 g/mol. The van der Waals surface area contributed by atoms with Gasteiger partial charge in [0, 0.05) is 0 Å². The maximum absolute atomic E-state index is 8.63. The number of benzene rings is 2. The zero-order valence-corrected chi connectivity index (χ0v) is 16.4. The van der Waals surface area contributed by atoms with Crippen LogP contribution in [0.4, 0.5) is 0 Å². The number of ether oxygens (including phenoxy) is 2. The Morgan fingerprint density at radius 2 is 0.821 bits per heavy atom. The Labute approximate surface area is 168 Å². The Morgan fingerprint density at radius 3 is 1.00 bits per heavy atom. The van der Waals surface area contributed by atoms with Crippen molar-refractivity contribution in [3.63, 3.8) is 0 Å². The van der Waals surface area contributed by atoms with Gasteiger partial charge in [-0.2, -0.15) is 0 Å². The predicted octanol–water partition coefficient (Wildman–Crippen LogP) is 3.39. The average molecular weight is 395 g/mol. The van der Waals surface area contributed by atoms with E-state index in [1.54, 1.807) is 48.5 Å². The molecule has 0 spiro atoms. The molecule has 2 rings (SSSR count). The molecule has 0 saturated carbocycles. The quantitative estimate of drug-likeness (QED) is 0.424. The van der Waals surface area contributed by atoms with Gasteiger partial charge in [0.25, 0.3) is 0 Å². The molecule has 4 N–H and O–H groups in total. The molecule has 0 amide bonds. The number of aliphatic hydroxyl groups is 2. The Hall–Kier alpha value is -2.64. The molecule has 0 atom stereocenters. The van der Waals surface area contributed by atoms with Crippen LogP contribution in [0.5, 0.6) is 11.5 Å². The van der Waals surface area contributed by atoms with Crippen LogP contribution in [0.2, 0.25) is 0 Å². The van der Waals surface area contributed by atoms with Crippen molar-refractivity contribution in [2.24, 2.45) is 0 Å². The summed E-state index contributed by atoms with van der Waals surface area (Å²) < 4.78 is 9.75. The van der Waals surface area contributed by atoms with Crippen LogP contribution in [-0.2, 0) is 9.47 Å². The number of phenols is 2. The largest absolute Gasteiger partial charge is 0.508 e. The van der Waals surface area contributed by atoms with Crippen molar-refractivity contribution in [3.8, 4) is 11.5 Å². The second kappa shape index (κ2) is 29.1. The van der Waals surface area contributed by atoms with Gasteiger partial charge in [0.2, 0.25) is 0 Å². The third kappa shape index (κ3) is 28.2. The van der Waals surface area contributed by atoms with E-state index in [1.165, 1.54) is 0 Å². The minimum absolute atomic E-state index is 0.0417. The van der Waals surface area contributed by atoms with Crippen LogP contribution < -0.4 is 0 Å². The first kappa shape index (κ1) is 30.1. The van der Waals surface area contributed by atoms with Crippen LogP contribution in [-0.4, -0.2) is 60.1 Å². The molecule has 0 aliphatic heterocycles. The van der Waals surface area contributed by atoms with Gasteiger partial charge in [0.05, 0.1) is 39.6 Å². The number of para-hydroxylation sites is 2. The molecule has 28 heavy (non-hydrogen) atoms. The van der Waals surface area contributed by atoms with Crippen molar-refractivity contribution in [2.45, 2.75) is 0 Å². The first-order valence-electron chi connectivity index (χ1n) is 8.56. The van der Waals surface area contributed by atoms with Gasteiger partial charge in [0.1, 0.15) is 11.5 Å². The normalized spacial score (nSPS) is 8.21. The Bertz CT molecular complexity index is 445. The fourth-order valence-electron chi connectivity index (χ4n) is 1.31. The van der Waals surface area contributed by atoms with Crippen LogP contribution in [0.15, 0.2) is 87.0 Å². The standard InChI is InChI=1S/C6H14O4.2C6H6O.2C2H4/c7-1-3-9-5-6-10-4-2-8;2*7-6-4-2-1-3-5-6;2*1-2/h7-8H,1-6H2;2*1-5,7H;2*1-2H2. The number of aromatic hydroxyl groups is 2. The van der Waals surface area contributed by atoms with Gasteiger partial charge in [-0.3, -0.25) is 0 Å². The smallest absolute Gasteiger partial charge is 0.115 e. The molecular formula is C22H34O6. The van der Waals surface area contributed by atoms with E-state index >= 15 is 0 Å². The molecule has 0 fully saturated rings. The lowest BCUT2D eigenvalue weighted by atomic mass is 10.3. The van der Waals surface area contributed by atoms with Crippen LogP contribution in [0.3, 0.4) is 0 Å². The average Bonchev–Trinajstić information content (AvgIpc) is 2.76. The predicted molar refractivity (Wildman–Crippen MR) is 115 cm³/mol. The van der Waals surface area contributed by atoms with Crippen LogP contribution in [0.25, 0.3) is 0 Å². The number of rotatable bonds is 7. The molecule has 0 unspecified atom stereocenters. The first-order chi connectivity index (χ1) is 13.7. The zero-order valence-electron chi connectivity index (χ0n) is 16.4. The molecule has 0 radical (unpaired) electrons. The molecule has 0 aliphatic carbocycles. The molecule has 0 bridgehead atoms. The van der Waals surface area contributed by atoms with Gasteiger partial charge in [-0.05, 0) is 24.3 Å². The third-order valence-corrected chi connectivity index (χ3v) is 2.36. The first-order valence-corrected chi connectivity index (χ1v) is 8.56. The van der Waals surface area contributed by atoms with Gasteiger partial charge >= 0.3 is 0 Å². The summed E-state index contributed by atoms with van der Waals surface area (Å²) in [5, 5.41) is 33.8. The van der Waals surface area contributed by atoms with Gasteiger partial charge in [-0.1, -0.05) is 36.4 Å². The number of phenolic OH excluding ortho intramolecular Hbond substituents is 2. The fraction of sp³-hybridized carbons (Fsp3) is 0.273. The summed E-state index contributed by atoms with van der Waals surface area (Å²) in [5.41, 5.74) is 0. The second-order valence-electron chi connectivity index (χ2n) is 4.34. The molecule has 0 aliphatic rings. The fourth-order valence-corrected chi connectivity index (χ4v) is 1.31. The summed E-state index contributed by atoms with van der Waals surface area (Å²) in [6, 6.07) is 17.4. The van der Waals surface area contributed by atoms with E-state index in [4.69, 9.17) is 29.9 Å². The maximum Gasteiger partial charge on any atom is 0.115 e. The Kier molecular flexibility index (Phi) is 31.3. The van der Waals surface area contributed by atoms with E-state index in [0.717, 1.165) is 0 Å². The van der Waals surface area contributed by atoms with Crippen molar-refractivity contribution in [2.75, 3.05) is 39.6 Å². The van der Waals surface area contributed by atoms with E-state index in [0.29, 0.717) is 37.9 Å². The van der Waals surface area contributed by atoms with Crippen molar-refractivity contribution in [1.29, 1.82) is 0 Å². The van der Waals surface area contributed by atoms with Gasteiger partial charge in [-0.15, -0.1) is 26.3 Å². The molecule has 2 aromatic carbocycles. The van der Waals surface area contributed by atoms with Gasteiger partial charge < -0.3 is 29.9 Å². The van der Waals surface area contributed by atoms with Gasteiger partial charge in [-0.25, -0.2) is 0 Å². The zero-order chi connectivity index (χ0) is 21.9. The Morgan fingerprint density at radius 1 is 0.536 bits per heavy atom. The molecule has 0 aromatic heterocycles. The maximum atomic E-state index is 8.63. The summed E-state index contributed by atoms with van der Waals surface area (Å²) in [6.07, 6.45) is 0. The minimum atomic E-state index is 0.0417. The highest BCUT2D eigenvalue weighted by molar-refractivity contribution is 5.19. The third-order valence-electron chi connectivity index (χ3n) is 2.36. The van der Waals surface area contributed by atoms with Crippen molar-refractivity contribution in [1.82, 2.24) is 0 Å². The van der Waals surface area contributed by atoms with Crippen molar-refractivity contribution in [3.05, 3.63) is 87.0 Å². The van der Waals surface area contributed by atoms with Crippen LogP contribution >= 0.6 is 0 Å². The number of hydrogen-bond donors (Lipinski definition) is 4. The number of aliphatic hydroxyl groups excluding tert-OH is 2. The minimum Gasteiger partial charge on any atom is -0.508 e.